The summed E-state index contributed by atoms with van der Waals surface area (Å²) in [5, 5.41) is 3.19. The van der Waals surface area contributed by atoms with Gasteiger partial charge in [0.15, 0.2) is 0 Å². The molecule has 2 saturated carbocycles. The van der Waals surface area contributed by atoms with Gasteiger partial charge < -0.3 is 5.32 Å². The van der Waals surface area contributed by atoms with Crippen LogP contribution in [0.2, 0.25) is 0 Å². The van der Waals surface area contributed by atoms with Crippen molar-refractivity contribution in [3.05, 3.63) is 35.4 Å². The maximum atomic E-state index is 12.8. The third-order valence-electron chi connectivity index (χ3n) is 7.13. The average Bonchev–Trinajstić information content (AvgIpc) is 2.67. The number of rotatable bonds is 5. The van der Waals surface area contributed by atoms with Crippen molar-refractivity contribution in [3.63, 3.8) is 0 Å². The Balaban J connectivity index is 1.34. The second kappa shape index (κ2) is 8.77. The van der Waals surface area contributed by atoms with Crippen LogP contribution in [0.1, 0.15) is 63.0 Å². The lowest BCUT2D eigenvalue weighted by molar-refractivity contribution is -0.137. The van der Waals surface area contributed by atoms with E-state index in [4.69, 9.17) is 0 Å². The van der Waals surface area contributed by atoms with Gasteiger partial charge in [-0.3, -0.25) is 14.5 Å². The van der Waals surface area contributed by atoms with E-state index in [9.17, 15) is 9.59 Å². The molecule has 1 aromatic carbocycles. The van der Waals surface area contributed by atoms with Crippen molar-refractivity contribution in [2.45, 2.75) is 65.0 Å². The number of benzene rings is 1. The number of piperidine rings is 1. The summed E-state index contributed by atoms with van der Waals surface area (Å²) in [4.78, 5) is 27.6. The van der Waals surface area contributed by atoms with Crippen molar-refractivity contribution >= 4 is 11.7 Å². The normalized spacial score (nSPS) is 30.8. The number of fused-ring (bicyclic) bond motifs is 2. The van der Waals surface area contributed by atoms with E-state index < -0.39 is 0 Å². The molecule has 3 unspecified atom stereocenters. The molecule has 1 aliphatic heterocycles. The van der Waals surface area contributed by atoms with Gasteiger partial charge in [-0.1, -0.05) is 37.6 Å². The Bertz CT molecular complexity index is 700. The van der Waals surface area contributed by atoms with Crippen molar-refractivity contribution in [1.82, 2.24) is 10.2 Å². The molecule has 3 aliphatic rings. The van der Waals surface area contributed by atoms with Gasteiger partial charge >= 0.3 is 0 Å². The second-order valence-corrected chi connectivity index (χ2v) is 9.36. The van der Waals surface area contributed by atoms with E-state index in [2.05, 4.69) is 41.4 Å². The number of hydrogen-bond donors (Lipinski definition) is 1. The molecule has 152 valence electrons. The first kappa shape index (κ1) is 19.6. The molecule has 0 radical (unpaired) electrons. The van der Waals surface area contributed by atoms with E-state index in [-0.39, 0.29) is 23.7 Å². The Labute approximate surface area is 169 Å². The minimum Gasteiger partial charge on any atom is -0.352 e. The summed E-state index contributed by atoms with van der Waals surface area (Å²) in [6.07, 6.45) is 7.25. The Morgan fingerprint density at radius 3 is 2.50 bits per heavy atom. The molecule has 4 nitrogen and oxygen atoms in total. The molecular formula is C24H34N2O2. The highest BCUT2D eigenvalue weighted by Crippen LogP contribution is 2.40. The lowest BCUT2D eigenvalue weighted by Crippen LogP contribution is -2.42. The monoisotopic (exact) mass is 382 g/mol. The van der Waals surface area contributed by atoms with E-state index in [1.807, 2.05) is 0 Å². The smallest absolute Gasteiger partial charge is 0.223 e. The molecule has 2 aliphatic carbocycles. The van der Waals surface area contributed by atoms with Crippen LogP contribution in [0.3, 0.4) is 0 Å². The van der Waals surface area contributed by atoms with Gasteiger partial charge in [0.05, 0.1) is 0 Å². The summed E-state index contributed by atoms with van der Waals surface area (Å²) in [5.41, 5.74) is 2.55. The Hall–Kier alpha value is -1.68. The maximum Gasteiger partial charge on any atom is 0.223 e. The number of carbonyl (C=O) groups excluding carboxylic acids is 2. The number of ketones is 1. The maximum absolute atomic E-state index is 12.8. The molecule has 3 fully saturated rings. The Kier molecular flexibility index (Phi) is 6.15. The van der Waals surface area contributed by atoms with Crippen LogP contribution in [-0.4, -0.2) is 29.7 Å². The number of amides is 1. The second-order valence-electron chi connectivity index (χ2n) is 9.36. The first-order valence-electron chi connectivity index (χ1n) is 11.2. The van der Waals surface area contributed by atoms with Gasteiger partial charge in [0.2, 0.25) is 5.91 Å². The highest BCUT2D eigenvalue weighted by atomic mass is 16.2. The summed E-state index contributed by atoms with van der Waals surface area (Å²) < 4.78 is 0. The van der Waals surface area contributed by atoms with Crippen LogP contribution in [0.5, 0.6) is 0 Å². The third kappa shape index (κ3) is 4.48. The zero-order valence-electron chi connectivity index (χ0n) is 17.2. The van der Waals surface area contributed by atoms with Crippen molar-refractivity contribution < 1.29 is 9.59 Å². The van der Waals surface area contributed by atoms with Crippen LogP contribution in [0.15, 0.2) is 24.3 Å². The minimum absolute atomic E-state index is 0.0168. The Morgan fingerprint density at radius 1 is 1.07 bits per heavy atom. The van der Waals surface area contributed by atoms with E-state index >= 15 is 0 Å². The zero-order valence-corrected chi connectivity index (χ0v) is 17.2. The number of nitrogens with one attached hydrogen (secondary N) is 1. The Morgan fingerprint density at radius 2 is 1.79 bits per heavy atom. The molecular weight excluding hydrogens is 348 g/mol. The molecule has 1 N–H and O–H groups in total. The fourth-order valence-corrected chi connectivity index (χ4v) is 5.58. The molecule has 1 aromatic rings. The van der Waals surface area contributed by atoms with Gasteiger partial charge in [0.1, 0.15) is 5.78 Å². The van der Waals surface area contributed by atoms with E-state index in [0.29, 0.717) is 12.3 Å². The fourth-order valence-electron chi connectivity index (χ4n) is 5.58. The molecule has 1 heterocycles. The number of Topliss-reactive ketones (excluding diaryl/α,β-unsaturated/α-hetero) is 1. The van der Waals surface area contributed by atoms with E-state index in [1.165, 1.54) is 37.1 Å². The van der Waals surface area contributed by atoms with Crippen LogP contribution < -0.4 is 5.32 Å². The standard InChI is InChI=1S/C24H34N2O2/c1-17-6-5-11-26(15-17)16-21-8-3-2-7-20(21)14-25-24(28)22-12-18-9-4-10-19(13-22)23(18)27/h2-3,7-8,17-19,22H,4-6,9-16H2,1H3,(H,25,28). The van der Waals surface area contributed by atoms with Gasteiger partial charge in [-0.2, -0.15) is 0 Å². The highest BCUT2D eigenvalue weighted by molar-refractivity contribution is 5.88. The van der Waals surface area contributed by atoms with Gasteiger partial charge in [-0.15, -0.1) is 0 Å². The van der Waals surface area contributed by atoms with Crippen LogP contribution in [0.4, 0.5) is 0 Å². The predicted octanol–water partition coefficient (Wildman–Crippen LogP) is 3.93. The van der Waals surface area contributed by atoms with Crippen LogP contribution >= 0.6 is 0 Å². The summed E-state index contributed by atoms with van der Waals surface area (Å²) in [7, 11) is 0. The fraction of sp³-hybridized carbons (Fsp3) is 0.667. The molecule has 0 aromatic heterocycles. The lowest BCUT2D eigenvalue weighted by Gasteiger charge is -2.37. The van der Waals surface area contributed by atoms with Crippen molar-refractivity contribution in [1.29, 1.82) is 0 Å². The quantitative estimate of drug-likeness (QED) is 0.839. The van der Waals surface area contributed by atoms with Crippen molar-refractivity contribution in [2.75, 3.05) is 13.1 Å². The largest absolute Gasteiger partial charge is 0.352 e. The van der Waals surface area contributed by atoms with Crippen molar-refractivity contribution in [2.24, 2.45) is 23.7 Å². The molecule has 1 amide bonds. The van der Waals surface area contributed by atoms with Crippen LogP contribution in [-0.2, 0) is 22.7 Å². The molecule has 28 heavy (non-hydrogen) atoms. The number of nitrogens with zero attached hydrogens (tertiary/aromatic N) is 1. The predicted molar refractivity (Wildman–Crippen MR) is 111 cm³/mol. The lowest BCUT2D eigenvalue weighted by atomic mass is 9.67. The summed E-state index contributed by atoms with van der Waals surface area (Å²) in [5.74, 6) is 1.63. The molecule has 1 saturated heterocycles. The van der Waals surface area contributed by atoms with Gasteiger partial charge in [-0.05, 0) is 62.1 Å². The molecule has 4 rings (SSSR count). The number of hydrogen-bond acceptors (Lipinski definition) is 3. The van der Waals surface area contributed by atoms with Crippen LogP contribution in [0.25, 0.3) is 0 Å². The average molecular weight is 383 g/mol. The molecule has 0 spiro atoms. The summed E-state index contributed by atoms with van der Waals surface area (Å²) >= 11 is 0. The highest BCUT2D eigenvalue weighted by Gasteiger charge is 2.41. The summed E-state index contributed by atoms with van der Waals surface area (Å²) in [6.45, 7) is 6.24. The molecule has 3 atom stereocenters. The summed E-state index contributed by atoms with van der Waals surface area (Å²) in [6, 6.07) is 8.50. The van der Waals surface area contributed by atoms with E-state index in [1.54, 1.807) is 0 Å². The van der Waals surface area contributed by atoms with Crippen LogP contribution in [0, 0.1) is 23.7 Å². The van der Waals surface area contributed by atoms with Crippen molar-refractivity contribution in [3.8, 4) is 0 Å². The van der Waals surface area contributed by atoms with E-state index in [0.717, 1.165) is 44.6 Å². The van der Waals surface area contributed by atoms with Gasteiger partial charge in [-0.25, -0.2) is 0 Å². The minimum atomic E-state index is 0.0168. The zero-order chi connectivity index (χ0) is 19.5. The topological polar surface area (TPSA) is 49.4 Å². The number of likely N-dealkylation sites (tertiary alicyclic amines) is 1. The van der Waals surface area contributed by atoms with Gasteiger partial charge in [0.25, 0.3) is 0 Å². The number of carbonyl (C=O) groups is 2. The van der Waals surface area contributed by atoms with Gasteiger partial charge in [0, 0.05) is 37.4 Å². The molecule has 4 heteroatoms. The first-order chi connectivity index (χ1) is 13.6. The third-order valence-corrected chi connectivity index (χ3v) is 7.13. The first-order valence-corrected chi connectivity index (χ1v) is 11.2. The SMILES string of the molecule is CC1CCCN(Cc2ccccc2CNC(=O)C2CC3CCCC(C2)C3=O)C1. The molecule has 2 bridgehead atoms.